The Kier molecular flexibility index (Phi) is 5.74. The van der Waals surface area contributed by atoms with E-state index in [-0.39, 0.29) is 18.4 Å². The molecule has 0 saturated carbocycles. The summed E-state index contributed by atoms with van der Waals surface area (Å²) in [7, 11) is 0. The van der Waals surface area contributed by atoms with E-state index in [1.165, 1.54) is 17.4 Å². The molecule has 0 radical (unpaired) electrons. The van der Waals surface area contributed by atoms with E-state index in [1.807, 2.05) is 63.2 Å². The smallest absolute Gasteiger partial charge is 0.240 e. The normalized spacial score (nSPS) is 10.3. The Morgan fingerprint density at radius 3 is 2.21 bits per heavy atom. The summed E-state index contributed by atoms with van der Waals surface area (Å²) in [4.78, 5) is 25.6. The second-order valence-electron chi connectivity index (χ2n) is 6.14. The molecule has 1 N–H and O–H groups in total. The van der Waals surface area contributed by atoms with Gasteiger partial charge >= 0.3 is 0 Å². The van der Waals surface area contributed by atoms with Gasteiger partial charge in [-0.05, 0) is 49.6 Å². The zero-order valence-electron chi connectivity index (χ0n) is 14.7. The van der Waals surface area contributed by atoms with Gasteiger partial charge in [0.15, 0.2) is 0 Å². The van der Waals surface area contributed by atoms with Crippen LogP contribution in [0.3, 0.4) is 0 Å². The first kappa shape index (κ1) is 17.7. The Bertz CT molecular complexity index is 736. The number of nitrogens with one attached hydrogen (secondary N) is 1. The molecule has 0 aliphatic rings. The van der Waals surface area contributed by atoms with Crippen molar-refractivity contribution < 1.29 is 9.59 Å². The molecule has 0 aliphatic heterocycles. The summed E-state index contributed by atoms with van der Waals surface area (Å²) >= 11 is 0. The van der Waals surface area contributed by atoms with E-state index in [4.69, 9.17) is 0 Å². The summed E-state index contributed by atoms with van der Waals surface area (Å²) in [5.41, 5.74) is 5.22. The third kappa shape index (κ3) is 4.69. The summed E-state index contributed by atoms with van der Waals surface area (Å²) in [6.45, 7) is 7.99. The molecule has 2 aromatic carbocycles. The molecule has 0 saturated heterocycles. The third-order valence-corrected chi connectivity index (χ3v) is 4.09. The van der Waals surface area contributed by atoms with Gasteiger partial charge < -0.3 is 10.2 Å². The minimum atomic E-state index is -0.177. The zero-order chi connectivity index (χ0) is 17.7. The highest BCUT2D eigenvalue weighted by Crippen LogP contribution is 2.19. The van der Waals surface area contributed by atoms with Crippen LogP contribution in [0.5, 0.6) is 0 Å². The van der Waals surface area contributed by atoms with Crippen molar-refractivity contribution in [2.75, 3.05) is 11.4 Å². The van der Waals surface area contributed by atoms with Gasteiger partial charge in [-0.1, -0.05) is 35.9 Å². The molecule has 0 bridgehead atoms. The number of aryl methyl sites for hydroxylation is 3. The Morgan fingerprint density at radius 2 is 1.62 bits per heavy atom. The Morgan fingerprint density at radius 1 is 0.958 bits per heavy atom. The lowest BCUT2D eigenvalue weighted by Crippen LogP contribution is -2.39. The van der Waals surface area contributed by atoms with Crippen molar-refractivity contribution in [1.82, 2.24) is 5.32 Å². The highest BCUT2D eigenvalue weighted by atomic mass is 16.2. The SMILES string of the molecule is CC(=O)N(CC(=O)NCc1ccc(C)cc1)c1ccc(C)c(C)c1. The van der Waals surface area contributed by atoms with Crippen LogP contribution >= 0.6 is 0 Å². The standard InChI is InChI=1S/C20H24N2O2/c1-14-5-8-18(9-6-14)12-21-20(24)13-22(17(4)23)19-10-7-15(2)16(3)11-19/h5-11H,12-13H2,1-4H3,(H,21,24). The maximum atomic E-state index is 12.2. The molecule has 2 amide bonds. The average molecular weight is 324 g/mol. The van der Waals surface area contributed by atoms with Crippen LogP contribution in [-0.2, 0) is 16.1 Å². The molecule has 2 aromatic rings. The average Bonchev–Trinajstić information content (AvgIpc) is 2.54. The summed E-state index contributed by atoms with van der Waals surface area (Å²) in [5.74, 6) is -0.326. The van der Waals surface area contributed by atoms with Crippen LogP contribution in [0.15, 0.2) is 42.5 Å². The first-order chi connectivity index (χ1) is 11.4. The maximum absolute atomic E-state index is 12.2. The van der Waals surface area contributed by atoms with Gasteiger partial charge in [0, 0.05) is 19.2 Å². The summed E-state index contributed by atoms with van der Waals surface area (Å²) < 4.78 is 0. The van der Waals surface area contributed by atoms with Crippen molar-refractivity contribution in [2.45, 2.75) is 34.2 Å². The number of hydrogen-bond acceptors (Lipinski definition) is 2. The van der Waals surface area contributed by atoms with E-state index < -0.39 is 0 Å². The number of nitrogens with zero attached hydrogens (tertiary/aromatic N) is 1. The summed E-state index contributed by atoms with van der Waals surface area (Å²) in [5, 5.41) is 2.87. The molecule has 0 unspecified atom stereocenters. The molecular formula is C20H24N2O2. The molecule has 4 nitrogen and oxygen atoms in total. The first-order valence-corrected chi connectivity index (χ1v) is 8.04. The summed E-state index contributed by atoms with van der Waals surface area (Å²) in [6, 6.07) is 13.8. The number of hydrogen-bond donors (Lipinski definition) is 1. The van der Waals surface area contributed by atoms with Crippen LogP contribution in [0.25, 0.3) is 0 Å². The van der Waals surface area contributed by atoms with Crippen LogP contribution in [0.2, 0.25) is 0 Å². The van der Waals surface area contributed by atoms with Crippen LogP contribution in [0.1, 0.15) is 29.2 Å². The highest BCUT2D eigenvalue weighted by molar-refractivity contribution is 5.97. The molecule has 0 aliphatic carbocycles. The number of benzene rings is 2. The van der Waals surface area contributed by atoms with Crippen molar-refractivity contribution in [2.24, 2.45) is 0 Å². The Labute approximate surface area is 143 Å². The lowest BCUT2D eigenvalue weighted by atomic mass is 10.1. The fourth-order valence-electron chi connectivity index (χ4n) is 2.38. The zero-order valence-corrected chi connectivity index (χ0v) is 14.7. The lowest BCUT2D eigenvalue weighted by molar-refractivity contribution is -0.123. The van der Waals surface area contributed by atoms with Gasteiger partial charge in [0.05, 0.1) is 0 Å². The quantitative estimate of drug-likeness (QED) is 0.917. The van der Waals surface area contributed by atoms with Crippen LogP contribution < -0.4 is 10.2 Å². The van der Waals surface area contributed by atoms with Gasteiger partial charge in [0.1, 0.15) is 6.54 Å². The van der Waals surface area contributed by atoms with Gasteiger partial charge in [0.25, 0.3) is 0 Å². The number of carbonyl (C=O) groups excluding carboxylic acids is 2. The van der Waals surface area contributed by atoms with Gasteiger partial charge in [-0.3, -0.25) is 9.59 Å². The minimum absolute atomic E-state index is 0.0176. The second kappa shape index (κ2) is 7.77. The highest BCUT2D eigenvalue weighted by Gasteiger charge is 2.16. The maximum Gasteiger partial charge on any atom is 0.240 e. The molecule has 0 fully saturated rings. The van der Waals surface area contributed by atoms with Crippen molar-refractivity contribution in [3.05, 3.63) is 64.7 Å². The van der Waals surface area contributed by atoms with Gasteiger partial charge in [0.2, 0.25) is 11.8 Å². The number of amides is 2. The number of anilines is 1. The predicted octanol–water partition coefficient (Wildman–Crippen LogP) is 3.28. The molecule has 2 rings (SSSR count). The molecule has 4 heteroatoms. The largest absolute Gasteiger partial charge is 0.350 e. The van der Waals surface area contributed by atoms with E-state index >= 15 is 0 Å². The van der Waals surface area contributed by atoms with Crippen molar-refractivity contribution in [1.29, 1.82) is 0 Å². The molecule has 126 valence electrons. The Balaban J connectivity index is 2.01. The molecule has 0 aromatic heterocycles. The van der Waals surface area contributed by atoms with Crippen LogP contribution in [-0.4, -0.2) is 18.4 Å². The first-order valence-electron chi connectivity index (χ1n) is 8.04. The fourth-order valence-corrected chi connectivity index (χ4v) is 2.38. The molecular weight excluding hydrogens is 300 g/mol. The second-order valence-corrected chi connectivity index (χ2v) is 6.14. The summed E-state index contributed by atoms with van der Waals surface area (Å²) in [6.07, 6.45) is 0. The predicted molar refractivity (Wildman–Crippen MR) is 97.0 cm³/mol. The van der Waals surface area contributed by atoms with E-state index in [0.717, 1.165) is 22.4 Å². The van der Waals surface area contributed by atoms with E-state index in [9.17, 15) is 9.59 Å². The van der Waals surface area contributed by atoms with Crippen molar-refractivity contribution in [3.63, 3.8) is 0 Å². The third-order valence-electron chi connectivity index (χ3n) is 4.09. The van der Waals surface area contributed by atoms with E-state index in [2.05, 4.69) is 5.32 Å². The Hall–Kier alpha value is -2.62. The topological polar surface area (TPSA) is 49.4 Å². The van der Waals surface area contributed by atoms with Crippen molar-refractivity contribution in [3.8, 4) is 0 Å². The number of carbonyl (C=O) groups is 2. The lowest BCUT2D eigenvalue weighted by Gasteiger charge is -2.21. The van der Waals surface area contributed by atoms with E-state index in [0.29, 0.717) is 6.54 Å². The minimum Gasteiger partial charge on any atom is -0.350 e. The van der Waals surface area contributed by atoms with Gasteiger partial charge in [-0.15, -0.1) is 0 Å². The molecule has 0 atom stereocenters. The van der Waals surface area contributed by atoms with Gasteiger partial charge in [-0.25, -0.2) is 0 Å². The van der Waals surface area contributed by atoms with E-state index in [1.54, 1.807) is 0 Å². The monoisotopic (exact) mass is 324 g/mol. The van der Waals surface area contributed by atoms with Gasteiger partial charge in [-0.2, -0.15) is 0 Å². The van der Waals surface area contributed by atoms with Crippen LogP contribution in [0.4, 0.5) is 5.69 Å². The van der Waals surface area contributed by atoms with Crippen molar-refractivity contribution >= 4 is 17.5 Å². The molecule has 0 heterocycles. The molecule has 24 heavy (non-hydrogen) atoms. The van der Waals surface area contributed by atoms with Crippen LogP contribution in [0, 0.1) is 20.8 Å². The number of rotatable bonds is 5. The fraction of sp³-hybridized carbons (Fsp3) is 0.300. The molecule has 0 spiro atoms.